The fourth-order valence-electron chi connectivity index (χ4n) is 1.63. The standard InChI is InChI=1S/C12H11I2N2O5S3/c1-7-11(22-12(15-7)16-8(2)17)24(20,21)14-9-4-3-5-10(6-9)23(13,18)19/h3-6H,1-2H3,(H,15,16,17)/q-1. The van der Waals surface area contributed by atoms with E-state index in [1.54, 1.807) is 13.0 Å². The van der Waals surface area contributed by atoms with Crippen molar-refractivity contribution < 1.29 is 41.4 Å². The summed E-state index contributed by atoms with van der Waals surface area (Å²) in [5.41, 5.74) is 0.320. The molecule has 2 aromatic rings. The van der Waals surface area contributed by atoms with Gasteiger partial charge < -0.3 is 0 Å². The van der Waals surface area contributed by atoms with Crippen molar-refractivity contribution in [1.82, 2.24) is 4.98 Å². The Kier molecular flexibility index (Phi) is 6.26. The summed E-state index contributed by atoms with van der Waals surface area (Å²) in [6, 6.07) is 5.94. The van der Waals surface area contributed by atoms with Crippen molar-refractivity contribution in [2.75, 3.05) is 5.32 Å². The number of nitrogens with zero attached hydrogens (tertiary/aromatic N) is 1. The molecule has 1 amide bonds. The van der Waals surface area contributed by atoms with Crippen LogP contribution in [0.15, 0.2) is 33.4 Å². The van der Waals surface area contributed by atoms with Gasteiger partial charge in [-0.2, -0.15) is 0 Å². The monoisotopic (exact) mass is 613 g/mol. The predicted molar refractivity (Wildman–Crippen MR) is 94.7 cm³/mol. The SMILES string of the molecule is CC(=O)Nc1nc(C)c(S(=O)(=O)[I-]c2cccc(S(=O)(=O)I)c2)s1. The topological polar surface area (TPSA) is 110 Å². The molecular weight excluding hydrogens is 602 g/mol. The number of carbonyl (C=O) groups is 1. The van der Waals surface area contributed by atoms with Crippen LogP contribution in [0.2, 0.25) is 0 Å². The van der Waals surface area contributed by atoms with Crippen LogP contribution in [0.25, 0.3) is 0 Å². The van der Waals surface area contributed by atoms with Crippen molar-refractivity contribution in [2.24, 2.45) is 0 Å². The Morgan fingerprint density at radius 1 is 1.29 bits per heavy atom. The Labute approximate surface area is 164 Å². The minimum atomic E-state index is -3.60. The van der Waals surface area contributed by atoms with Crippen LogP contribution in [0, 0.1) is 10.5 Å². The zero-order chi connectivity index (χ0) is 18.1. The number of hydrogen-bond acceptors (Lipinski definition) is 7. The quantitative estimate of drug-likeness (QED) is 0.349. The fraction of sp³-hybridized carbons (Fsp3) is 0.167. The van der Waals surface area contributed by atoms with Crippen molar-refractivity contribution >= 4 is 57.6 Å². The number of nitrogens with one attached hydrogen (secondary N) is 1. The first kappa shape index (κ1) is 20.0. The van der Waals surface area contributed by atoms with Crippen molar-refractivity contribution in [3.05, 3.63) is 33.5 Å². The van der Waals surface area contributed by atoms with Crippen LogP contribution >= 0.6 is 32.5 Å². The van der Waals surface area contributed by atoms with Crippen LogP contribution in [0.1, 0.15) is 12.6 Å². The van der Waals surface area contributed by atoms with E-state index in [0.717, 1.165) is 11.3 Å². The summed E-state index contributed by atoms with van der Waals surface area (Å²) in [6.45, 7) is 2.87. The van der Waals surface area contributed by atoms with E-state index in [4.69, 9.17) is 0 Å². The number of aryl methyl sites for hydroxylation is 1. The Hall–Kier alpha value is -0.320. The zero-order valence-electron chi connectivity index (χ0n) is 12.3. The number of amides is 1. The van der Waals surface area contributed by atoms with Gasteiger partial charge in [-0.15, -0.1) is 0 Å². The first-order chi connectivity index (χ1) is 11.0. The second kappa shape index (κ2) is 7.51. The minimum absolute atomic E-state index is 0.0791. The molecular formula is C12H11I2N2O5S3-. The second-order valence-corrected chi connectivity index (χ2v) is 18.1. The summed E-state index contributed by atoms with van der Waals surface area (Å²) in [5, 5.41) is 2.69. The molecule has 7 nitrogen and oxygen atoms in total. The molecule has 0 saturated carbocycles. The molecule has 0 aliphatic carbocycles. The van der Waals surface area contributed by atoms with Gasteiger partial charge in [0, 0.05) is 0 Å². The molecule has 0 radical (unpaired) electrons. The van der Waals surface area contributed by atoms with E-state index < -0.39 is 33.8 Å². The van der Waals surface area contributed by atoms with E-state index in [2.05, 4.69) is 10.3 Å². The van der Waals surface area contributed by atoms with E-state index in [1.807, 2.05) is 0 Å². The van der Waals surface area contributed by atoms with Gasteiger partial charge in [0.05, 0.1) is 0 Å². The van der Waals surface area contributed by atoms with Gasteiger partial charge in [-0.25, -0.2) is 0 Å². The molecule has 0 aliphatic rings. The maximum atomic E-state index is 12.6. The van der Waals surface area contributed by atoms with Crippen LogP contribution in [-0.2, 0) is 18.8 Å². The molecule has 1 heterocycles. The van der Waals surface area contributed by atoms with E-state index in [-0.39, 0.29) is 20.1 Å². The van der Waals surface area contributed by atoms with Crippen LogP contribution in [0.5, 0.6) is 0 Å². The molecule has 0 spiro atoms. The van der Waals surface area contributed by atoms with Crippen LogP contribution in [0.4, 0.5) is 5.13 Å². The van der Waals surface area contributed by atoms with Gasteiger partial charge in [0.25, 0.3) is 0 Å². The summed E-state index contributed by atoms with van der Waals surface area (Å²) in [7, 11) is -7.03. The first-order valence-electron chi connectivity index (χ1n) is 6.20. The normalized spacial score (nSPS) is 12.3. The van der Waals surface area contributed by atoms with Gasteiger partial charge in [-0.1, -0.05) is 0 Å². The van der Waals surface area contributed by atoms with Gasteiger partial charge in [0.2, 0.25) is 0 Å². The molecule has 1 aromatic carbocycles. The Morgan fingerprint density at radius 3 is 2.54 bits per heavy atom. The molecule has 0 aliphatic heterocycles. The molecule has 12 heteroatoms. The van der Waals surface area contributed by atoms with Gasteiger partial charge in [0.1, 0.15) is 0 Å². The molecule has 0 unspecified atom stereocenters. The number of rotatable bonds is 5. The summed E-state index contributed by atoms with van der Waals surface area (Å²) < 4.78 is 49.0. The van der Waals surface area contributed by atoms with E-state index in [9.17, 15) is 21.6 Å². The molecule has 0 atom stereocenters. The van der Waals surface area contributed by atoms with E-state index in [0.29, 0.717) is 9.26 Å². The molecule has 1 N–H and O–H groups in total. The third-order valence-corrected chi connectivity index (χ3v) is 13.9. The zero-order valence-corrected chi connectivity index (χ0v) is 19.0. The molecule has 24 heavy (non-hydrogen) atoms. The molecule has 0 fully saturated rings. The number of aromatic nitrogens is 1. The summed E-state index contributed by atoms with van der Waals surface area (Å²) >= 11 is 0.689. The van der Waals surface area contributed by atoms with Gasteiger partial charge in [-0.3, -0.25) is 0 Å². The second-order valence-electron chi connectivity index (χ2n) is 4.48. The summed E-state index contributed by atoms with van der Waals surface area (Å²) in [4.78, 5) is 15.2. The van der Waals surface area contributed by atoms with Crippen LogP contribution in [0.3, 0.4) is 0 Å². The Balaban J connectivity index is 2.36. The van der Waals surface area contributed by atoms with Gasteiger partial charge in [0.15, 0.2) is 0 Å². The van der Waals surface area contributed by atoms with Gasteiger partial charge >= 0.3 is 166 Å². The number of carbonyl (C=O) groups excluding carboxylic acids is 1. The van der Waals surface area contributed by atoms with Crippen LogP contribution < -0.4 is 25.1 Å². The fourth-order valence-corrected chi connectivity index (χ4v) is 11.7. The van der Waals surface area contributed by atoms with E-state index in [1.165, 1.54) is 46.3 Å². The predicted octanol–water partition coefficient (Wildman–Crippen LogP) is -0.819. The molecule has 132 valence electrons. The maximum absolute atomic E-state index is 12.6. The Bertz CT molecular complexity index is 999. The van der Waals surface area contributed by atoms with E-state index >= 15 is 0 Å². The third-order valence-electron chi connectivity index (χ3n) is 2.53. The third kappa shape index (κ3) is 5.09. The summed E-state index contributed by atoms with van der Waals surface area (Å²) in [6.07, 6.45) is 0. The number of anilines is 1. The average Bonchev–Trinajstić information content (AvgIpc) is 2.78. The number of thiazole rings is 1. The summed E-state index contributed by atoms with van der Waals surface area (Å²) in [5.74, 6) is -0.331. The average molecular weight is 613 g/mol. The van der Waals surface area contributed by atoms with Crippen molar-refractivity contribution in [1.29, 1.82) is 0 Å². The Morgan fingerprint density at radius 2 is 1.96 bits per heavy atom. The van der Waals surface area contributed by atoms with Crippen molar-refractivity contribution in [3.8, 4) is 0 Å². The molecule has 0 bridgehead atoms. The molecule has 1 aromatic heterocycles. The number of hydrogen-bond donors (Lipinski definition) is 1. The van der Waals surface area contributed by atoms with Crippen LogP contribution in [-0.4, -0.2) is 27.7 Å². The van der Waals surface area contributed by atoms with Crippen molar-refractivity contribution in [2.45, 2.75) is 23.0 Å². The number of halogens is 2. The molecule has 2 rings (SSSR count). The molecule has 0 saturated heterocycles. The van der Waals surface area contributed by atoms with Crippen molar-refractivity contribution in [3.63, 3.8) is 0 Å². The number of benzene rings is 1. The van der Waals surface area contributed by atoms with Gasteiger partial charge in [-0.05, 0) is 0 Å². The first-order valence-corrected chi connectivity index (χ1v) is 16.2.